The number of hydrogen-bond acceptors (Lipinski definition) is 4. The van der Waals surface area contributed by atoms with Crippen LogP contribution >= 0.6 is 0 Å². The van der Waals surface area contributed by atoms with Crippen LogP contribution in [0.5, 0.6) is 0 Å². The number of pyridine rings is 1. The van der Waals surface area contributed by atoms with Gasteiger partial charge in [-0.3, -0.25) is 9.78 Å². The molecule has 1 fully saturated rings. The maximum atomic E-state index is 11.4. The zero-order valence-electron chi connectivity index (χ0n) is 8.64. The number of anilines is 1. The molecule has 1 aromatic heterocycles. The normalized spacial score (nSPS) is 23.5. The van der Waals surface area contributed by atoms with Gasteiger partial charge in [0.15, 0.2) is 0 Å². The number of aromatic nitrogens is 1. The van der Waals surface area contributed by atoms with Crippen molar-refractivity contribution in [1.82, 2.24) is 4.98 Å². The van der Waals surface area contributed by atoms with Gasteiger partial charge in [-0.1, -0.05) is 0 Å². The summed E-state index contributed by atoms with van der Waals surface area (Å²) in [5.41, 5.74) is 7.23. The van der Waals surface area contributed by atoms with Gasteiger partial charge in [0.1, 0.15) is 0 Å². The largest absolute Gasteiger partial charge is 0.466 e. The first-order chi connectivity index (χ1) is 7.22. The molecule has 0 aromatic carbocycles. The fraction of sp³-hybridized carbons (Fsp3) is 0.455. The van der Waals surface area contributed by atoms with Gasteiger partial charge in [0.25, 0.3) is 0 Å². The van der Waals surface area contributed by atoms with Gasteiger partial charge in [0.2, 0.25) is 0 Å². The van der Waals surface area contributed by atoms with Crippen LogP contribution in [0.4, 0.5) is 5.69 Å². The number of carbonyl (C=O) groups excluding carboxylic acids is 1. The average Bonchev–Trinajstić information content (AvgIpc) is 2.97. The lowest BCUT2D eigenvalue weighted by Crippen LogP contribution is -2.07. The van der Waals surface area contributed by atoms with Crippen molar-refractivity contribution in [1.29, 1.82) is 0 Å². The van der Waals surface area contributed by atoms with Crippen LogP contribution in [0.1, 0.15) is 25.0 Å². The third kappa shape index (κ3) is 2.09. The molecule has 2 N–H and O–H groups in total. The standard InChI is InChI=1S/C11H14N2O2/c1-2-15-11(14)9-6-8(9)10-5-7(12)3-4-13-10/h3-5,8-9H,2,6H2,1H3,(H2,12,13)/t8?,9-/m0/s1. The molecule has 2 rings (SSSR count). The van der Waals surface area contributed by atoms with Crippen molar-refractivity contribution < 1.29 is 9.53 Å². The predicted molar refractivity (Wildman–Crippen MR) is 56.1 cm³/mol. The number of nitrogen functional groups attached to an aromatic ring is 1. The van der Waals surface area contributed by atoms with E-state index in [0.717, 1.165) is 12.1 Å². The number of nitrogens with two attached hydrogens (primary N) is 1. The van der Waals surface area contributed by atoms with Crippen LogP contribution in [0, 0.1) is 5.92 Å². The zero-order chi connectivity index (χ0) is 10.8. The topological polar surface area (TPSA) is 65.2 Å². The van der Waals surface area contributed by atoms with Crippen molar-refractivity contribution in [3.05, 3.63) is 24.0 Å². The second-order valence-corrected chi connectivity index (χ2v) is 3.71. The van der Waals surface area contributed by atoms with Crippen molar-refractivity contribution in [3.63, 3.8) is 0 Å². The predicted octanol–water partition coefficient (Wildman–Crippen LogP) is 1.33. The van der Waals surface area contributed by atoms with Gasteiger partial charge in [-0.2, -0.15) is 0 Å². The minimum atomic E-state index is -0.119. The summed E-state index contributed by atoms with van der Waals surface area (Å²) in [5, 5.41) is 0. The molecule has 80 valence electrons. The highest BCUT2D eigenvalue weighted by molar-refractivity contribution is 5.77. The second kappa shape index (κ2) is 3.88. The highest BCUT2D eigenvalue weighted by Gasteiger charge is 2.46. The van der Waals surface area contributed by atoms with E-state index in [1.165, 1.54) is 0 Å². The molecule has 1 heterocycles. The first-order valence-corrected chi connectivity index (χ1v) is 5.10. The number of ether oxygens (including phenoxy) is 1. The number of rotatable bonds is 3. The Balaban J connectivity index is 2.01. The molecule has 1 unspecified atom stereocenters. The Kier molecular flexibility index (Phi) is 2.58. The Morgan fingerprint density at radius 1 is 1.73 bits per heavy atom. The van der Waals surface area contributed by atoms with Crippen molar-refractivity contribution in [3.8, 4) is 0 Å². The monoisotopic (exact) mass is 206 g/mol. The lowest BCUT2D eigenvalue weighted by atomic mass is 10.2. The molecule has 4 nitrogen and oxygen atoms in total. The molecule has 0 radical (unpaired) electrons. The fourth-order valence-corrected chi connectivity index (χ4v) is 1.70. The van der Waals surface area contributed by atoms with E-state index >= 15 is 0 Å². The van der Waals surface area contributed by atoms with Gasteiger partial charge >= 0.3 is 5.97 Å². The van der Waals surface area contributed by atoms with Crippen LogP contribution in [-0.2, 0) is 9.53 Å². The molecule has 4 heteroatoms. The molecular formula is C11H14N2O2. The first kappa shape index (κ1) is 9.96. The molecule has 15 heavy (non-hydrogen) atoms. The number of hydrogen-bond donors (Lipinski definition) is 1. The molecule has 1 aliphatic carbocycles. The van der Waals surface area contributed by atoms with E-state index in [-0.39, 0.29) is 17.8 Å². The van der Waals surface area contributed by atoms with Crippen LogP contribution < -0.4 is 5.73 Å². The minimum Gasteiger partial charge on any atom is -0.466 e. The van der Waals surface area contributed by atoms with Crippen molar-refractivity contribution in [2.75, 3.05) is 12.3 Å². The molecule has 0 bridgehead atoms. The van der Waals surface area contributed by atoms with E-state index in [1.54, 1.807) is 12.3 Å². The van der Waals surface area contributed by atoms with E-state index in [0.29, 0.717) is 12.3 Å². The zero-order valence-corrected chi connectivity index (χ0v) is 8.64. The van der Waals surface area contributed by atoms with Gasteiger partial charge in [-0.05, 0) is 25.5 Å². The van der Waals surface area contributed by atoms with Crippen LogP contribution in [0.15, 0.2) is 18.3 Å². The Hall–Kier alpha value is -1.58. The quantitative estimate of drug-likeness (QED) is 0.758. The van der Waals surface area contributed by atoms with E-state index in [4.69, 9.17) is 10.5 Å². The summed E-state index contributed by atoms with van der Waals surface area (Å²) in [7, 11) is 0. The van der Waals surface area contributed by atoms with Gasteiger partial charge in [0.05, 0.1) is 12.5 Å². The maximum absolute atomic E-state index is 11.4. The smallest absolute Gasteiger partial charge is 0.309 e. The minimum absolute atomic E-state index is 0.0146. The first-order valence-electron chi connectivity index (χ1n) is 5.10. The molecule has 0 spiro atoms. The highest BCUT2D eigenvalue weighted by Crippen LogP contribution is 2.47. The Morgan fingerprint density at radius 3 is 3.20 bits per heavy atom. The van der Waals surface area contributed by atoms with Gasteiger partial charge < -0.3 is 10.5 Å². The van der Waals surface area contributed by atoms with Gasteiger partial charge in [-0.15, -0.1) is 0 Å². The lowest BCUT2D eigenvalue weighted by Gasteiger charge is -2.01. The summed E-state index contributed by atoms with van der Waals surface area (Å²) >= 11 is 0. The summed E-state index contributed by atoms with van der Waals surface area (Å²) in [6, 6.07) is 3.56. The van der Waals surface area contributed by atoms with Crippen LogP contribution in [0.2, 0.25) is 0 Å². The number of nitrogens with zero attached hydrogens (tertiary/aromatic N) is 1. The van der Waals surface area contributed by atoms with Crippen LogP contribution in [0.3, 0.4) is 0 Å². The Bertz CT molecular complexity index is 379. The summed E-state index contributed by atoms with van der Waals surface area (Å²) in [6.45, 7) is 2.25. The summed E-state index contributed by atoms with van der Waals surface area (Å²) in [5.74, 6) is 0.0681. The molecule has 1 aromatic rings. The van der Waals surface area contributed by atoms with Crippen LogP contribution in [0.25, 0.3) is 0 Å². The fourth-order valence-electron chi connectivity index (χ4n) is 1.70. The van der Waals surface area contributed by atoms with Gasteiger partial charge in [-0.25, -0.2) is 0 Å². The summed E-state index contributed by atoms with van der Waals surface area (Å²) < 4.78 is 4.95. The average molecular weight is 206 g/mol. The molecule has 1 aliphatic rings. The van der Waals surface area contributed by atoms with Crippen molar-refractivity contribution in [2.45, 2.75) is 19.3 Å². The van der Waals surface area contributed by atoms with E-state index in [1.807, 2.05) is 13.0 Å². The number of carbonyl (C=O) groups is 1. The van der Waals surface area contributed by atoms with Crippen LogP contribution in [-0.4, -0.2) is 17.6 Å². The Morgan fingerprint density at radius 2 is 2.53 bits per heavy atom. The van der Waals surface area contributed by atoms with E-state index in [2.05, 4.69) is 4.98 Å². The third-order valence-electron chi connectivity index (χ3n) is 2.56. The van der Waals surface area contributed by atoms with Crippen molar-refractivity contribution in [2.24, 2.45) is 5.92 Å². The summed E-state index contributed by atoms with van der Waals surface area (Å²) in [6.07, 6.45) is 2.50. The summed E-state index contributed by atoms with van der Waals surface area (Å²) in [4.78, 5) is 15.6. The van der Waals surface area contributed by atoms with E-state index in [9.17, 15) is 4.79 Å². The van der Waals surface area contributed by atoms with Crippen molar-refractivity contribution >= 4 is 11.7 Å². The van der Waals surface area contributed by atoms with Gasteiger partial charge in [0, 0.05) is 23.5 Å². The SMILES string of the molecule is CCOC(=O)[C@H]1CC1c1cc(N)ccn1. The highest BCUT2D eigenvalue weighted by atomic mass is 16.5. The van der Waals surface area contributed by atoms with E-state index < -0.39 is 0 Å². The molecule has 1 saturated carbocycles. The molecular weight excluding hydrogens is 192 g/mol. The molecule has 0 amide bonds. The molecule has 0 saturated heterocycles. The Labute approximate surface area is 88.4 Å². The number of esters is 1. The third-order valence-corrected chi connectivity index (χ3v) is 2.56. The lowest BCUT2D eigenvalue weighted by molar-refractivity contribution is -0.144. The maximum Gasteiger partial charge on any atom is 0.309 e. The molecule has 2 atom stereocenters. The second-order valence-electron chi connectivity index (χ2n) is 3.71. The molecule has 0 aliphatic heterocycles.